The highest BCUT2D eigenvalue weighted by atomic mass is 35.5. The van der Waals surface area contributed by atoms with Gasteiger partial charge < -0.3 is 21.5 Å². The number of nitrogen functional groups attached to an aromatic ring is 1. The molecule has 5 N–H and O–H groups in total. The Labute approximate surface area is 130 Å². The number of halogens is 1. The molecule has 0 aliphatic heterocycles. The third-order valence-corrected chi connectivity index (χ3v) is 3.99. The molecule has 1 aromatic carbocycles. The first-order valence-electron chi connectivity index (χ1n) is 7.32. The Bertz CT molecular complexity index is 502. The first-order valence-corrected chi connectivity index (χ1v) is 7.70. The van der Waals surface area contributed by atoms with Gasteiger partial charge in [0.1, 0.15) is 0 Å². The van der Waals surface area contributed by atoms with E-state index in [9.17, 15) is 4.79 Å². The van der Waals surface area contributed by atoms with Crippen molar-refractivity contribution < 1.29 is 9.53 Å². The molecule has 5 nitrogen and oxygen atoms in total. The number of hydrogen-bond donors (Lipinski definition) is 3. The summed E-state index contributed by atoms with van der Waals surface area (Å²) in [7, 11) is 0. The van der Waals surface area contributed by atoms with Gasteiger partial charge in [-0.1, -0.05) is 30.9 Å². The monoisotopic (exact) mass is 311 g/mol. The number of ether oxygens (including phenoxy) is 1. The van der Waals surface area contributed by atoms with E-state index in [1.54, 1.807) is 6.07 Å². The zero-order valence-corrected chi connectivity index (χ0v) is 12.8. The van der Waals surface area contributed by atoms with Gasteiger partial charge in [-0.15, -0.1) is 0 Å². The first-order chi connectivity index (χ1) is 10.1. The lowest BCUT2D eigenvalue weighted by Crippen LogP contribution is -2.22. The van der Waals surface area contributed by atoms with Crippen LogP contribution in [0.1, 0.15) is 42.5 Å². The molecule has 0 unspecified atom stereocenters. The van der Waals surface area contributed by atoms with Crippen LogP contribution in [0.15, 0.2) is 12.1 Å². The average molecular weight is 312 g/mol. The number of carbonyl (C=O) groups excluding carboxylic acids is 1. The van der Waals surface area contributed by atoms with Crippen LogP contribution in [-0.2, 0) is 4.74 Å². The van der Waals surface area contributed by atoms with E-state index in [-0.39, 0.29) is 0 Å². The van der Waals surface area contributed by atoms with Crippen LogP contribution in [0.2, 0.25) is 5.02 Å². The van der Waals surface area contributed by atoms with Gasteiger partial charge in [0.25, 0.3) is 5.91 Å². The predicted octanol–water partition coefficient (Wildman–Crippen LogP) is 2.78. The molecule has 0 radical (unpaired) electrons. The number of amides is 1. The smallest absolute Gasteiger partial charge is 0.250 e. The van der Waals surface area contributed by atoms with E-state index in [0.29, 0.717) is 41.2 Å². The molecule has 116 valence electrons. The van der Waals surface area contributed by atoms with Crippen molar-refractivity contribution in [2.24, 2.45) is 5.73 Å². The molecule has 0 spiro atoms. The van der Waals surface area contributed by atoms with Gasteiger partial charge in [-0.3, -0.25) is 4.79 Å². The second kappa shape index (κ2) is 7.52. The van der Waals surface area contributed by atoms with E-state index < -0.39 is 5.91 Å². The molecular weight excluding hydrogens is 290 g/mol. The molecule has 0 heterocycles. The van der Waals surface area contributed by atoms with E-state index >= 15 is 0 Å². The van der Waals surface area contributed by atoms with Crippen LogP contribution in [0, 0.1) is 0 Å². The second-order valence-corrected chi connectivity index (χ2v) is 5.75. The van der Waals surface area contributed by atoms with Crippen molar-refractivity contribution >= 4 is 28.9 Å². The molecule has 0 saturated heterocycles. The van der Waals surface area contributed by atoms with Gasteiger partial charge in [-0.05, 0) is 25.0 Å². The Balaban J connectivity index is 1.89. The Morgan fingerprint density at radius 2 is 2.05 bits per heavy atom. The number of hydrogen-bond acceptors (Lipinski definition) is 4. The summed E-state index contributed by atoms with van der Waals surface area (Å²) in [4.78, 5) is 11.4. The molecule has 6 heteroatoms. The highest BCUT2D eigenvalue weighted by Crippen LogP contribution is 2.29. The molecular formula is C15H22ClN3O2. The summed E-state index contributed by atoms with van der Waals surface area (Å²) in [6.45, 7) is 1.14. The van der Waals surface area contributed by atoms with Gasteiger partial charge in [0.15, 0.2) is 0 Å². The highest BCUT2D eigenvalue weighted by Gasteiger charge is 2.15. The van der Waals surface area contributed by atoms with Gasteiger partial charge in [0.2, 0.25) is 0 Å². The molecule has 0 bridgehead atoms. The summed E-state index contributed by atoms with van der Waals surface area (Å²) in [5.74, 6) is -0.556. The molecule has 0 aromatic heterocycles. The Morgan fingerprint density at radius 1 is 1.33 bits per heavy atom. The topological polar surface area (TPSA) is 90.4 Å². The van der Waals surface area contributed by atoms with Crippen LogP contribution >= 0.6 is 11.6 Å². The minimum Gasteiger partial charge on any atom is -0.399 e. The van der Waals surface area contributed by atoms with Gasteiger partial charge in [-0.2, -0.15) is 0 Å². The van der Waals surface area contributed by atoms with E-state index in [4.69, 9.17) is 27.8 Å². The lowest BCUT2D eigenvalue weighted by atomic mass is 9.98. The maximum absolute atomic E-state index is 11.4. The summed E-state index contributed by atoms with van der Waals surface area (Å²) in [6, 6.07) is 3.12. The Hall–Kier alpha value is -1.46. The summed E-state index contributed by atoms with van der Waals surface area (Å²) < 4.78 is 5.82. The predicted molar refractivity (Wildman–Crippen MR) is 85.7 cm³/mol. The van der Waals surface area contributed by atoms with Gasteiger partial charge in [0.05, 0.1) is 29.0 Å². The molecule has 1 aromatic rings. The summed E-state index contributed by atoms with van der Waals surface area (Å²) >= 11 is 6.12. The van der Waals surface area contributed by atoms with E-state index in [1.165, 1.54) is 25.3 Å². The van der Waals surface area contributed by atoms with Crippen LogP contribution in [0.5, 0.6) is 0 Å². The number of anilines is 2. The van der Waals surface area contributed by atoms with E-state index in [2.05, 4.69) is 5.32 Å². The number of benzene rings is 1. The number of carbonyl (C=O) groups is 1. The number of rotatable bonds is 6. The van der Waals surface area contributed by atoms with Crippen LogP contribution in [0.4, 0.5) is 11.4 Å². The largest absolute Gasteiger partial charge is 0.399 e. The minimum absolute atomic E-state index is 0.303. The highest BCUT2D eigenvalue weighted by molar-refractivity contribution is 6.34. The van der Waals surface area contributed by atoms with Crippen molar-refractivity contribution in [2.75, 3.05) is 24.2 Å². The molecule has 1 aliphatic carbocycles. The molecule has 1 aliphatic rings. The standard InChI is InChI=1S/C15H22ClN3O2/c16-13-9-10(17)8-12(15(18)20)14(13)19-6-7-21-11-4-2-1-3-5-11/h8-9,11,19H,1-7,17H2,(H2,18,20). The maximum atomic E-state index is 11.4. The summed E-state index contributed by atoms with van der Waals surface area (Å²) in [5, 5.41) is 3.51. The fraction of sp³-hybridized carbons (Fsp3) is 0.533. The van der Waals surface area contributed by atoms with Crippen molar-refractivity contribution in [2.45, 2.75) is 38.2 Å². The summed E-state index contributed by atoms with van der Waals surface area (Å²) in [5.41, 5.74) is 12.3. The van der Waals surface area contributed by atoms with Gasteiger partial charge in [-0.25, -0.2) is 0 Å². The Kier molecular flexibility index (Phi) is 5.70. The van der Waals surface area contributed by atoms with Crippen LogP contribution in [-0.4, -0.2) is 25.2 Å². The van der Waals surface area contributed by atoms with Gasteiger partial charge >= 0.3 is 0 Å². The fourth-order valence-electron chi connectivity index (χ4n) is 2.64. The minimum atomic E-state index is -0.556. The molecule has 21 heavy (non-hydrogen) atoms. The van der Waals surface area contributed by atoms with E-state index in [0.717, 1.165) is 12.8 Å². The lowest BCUT2D eigenvalue weighted by molar-refractivity contribution is 0.0347. The van der Waals surface area contributed by atoms with Crippen LogP contribution in [0.3, 0.4) is 0 Å². The third-order valence-electron chi connectivity index (χ3n) is 3.69. The number of primary amides is 1. The zero-order valence-electron chi connectivity index (χ0n) is 12.0. The first kappa shape index (κ1) is 15.9. The van der Waals surface area contributed by atoms with Crippen LogP contribution < -0.4 is 16.8 Å². The van der Waals surface area contributed by atoms with Gasteiger partial charge in [0, 0.05) is 12.2 Å². The normalized spacial score (nSPS) is 15.9. The summed E-state index contributed by atoms with van der Waals surface area (Å²) in [6.07, 6.45) is 6.42. The van der Waals surface area contributed by atoms with Crippen molar-refractivity contribution in [3.05, 3.63) is 22.7 Å². The molecule has 2 rings (SSSR count). The molecule has 1 fully saturated rings. The van der Waals surface area contributed by atoms with Crippen molar-refractivity contribution in [3.63, 3.8) is 0 Å². The zero-order chi connectivity index (χ0) is 15.2. The molecule has 1 saturated carbocycles. The number of nitrogens with one attached hydrogen (secondary N) is 1. The van der Waals surface area contributed by atoms with Crippen molar-refractivity contribution in [1.82, 2.24) is 0 Å². The maximum Gasteiger partial charge on any atom is 0.250 e. The third kappa shape index (κ3) is 4.51. The average Bonchev–Trinajstić information content (AvgIpc) is 2.45. The molecule has 0 atom stereocenters. The van der Waals surface area contributed by atoms with Crippen molar-refractivity contribution in [1.29, 1.82) is 0 Å². The molecule has 1 amide bonds. The number of nitrogens with two attached hydrogens (primary N) is 2. The van der Waals surface area contributed by atoms with Crippen LogP contribution in [0.25, 0.3) is 0 Å². The quantitative estimate of drug-likeness (QED) is 0.556. The Morgan fingerprint density at radius 3 is 2.71 bits per heavy atom. The SMILES string of the molecule is NC(=O)c1cc(N)cc(Cl)c1NCCOC1CCCCC1. The van der Waals surface area contributed by atoms with E-state index in [1.807, 2.05) is 0 Å². The lowest BCUT2D eigenvalue weighted by Gasteiger charge is -2.22. The fourth-order valence-corrected chi connectivity index (χ4v) is 2.93. The second-order valence-electron chi connectivity index (χ2n) is 5.35. The van der Waals surface area contributed by atoms with Crippen molar-refractivity contribution in [3.8, 4) is 0 Å².